The van der Waals surface area contributed by atoms with Gasteiger partial charge in [0.15, 0.2) is 23.2 Å². The minimum absolute atomic E-state index is 0.0715. The van der Waals surface area contributed by atoms with E-state index in [0.29, 0.717) is 17.4 Å². The van der Waals surface area contributed by atoms with Crippen LogP contribution in [0.4, 0.5) is 5.13 Å². The fraction of sp³-hybridized carbons (Fsp3) is 0.440. The number of aromatic nitrogens is 2. The zero-order valence-corrected chi connectivity index (χ0v) is 27.4. The smallest absolute Gasteiger partial charge is 0.359 e. The third-order valence-electron chi connectivity index (χ3n) is 6.10. The number of pyridine rings is 1. The van der Waals surface area contributed by atoms with Gasteiger partial charge in [-0.15, -0.1) is 11.3 Å². The van der Waals surface area contributed by atoms with Crippen LogP contribution < -0.4 is 15.6 Å². The van der Waals surface area contributed by atoms with Crippen LogP contribution >= 0.6 is 11.3 Å². The highest BCUT2D eigenvalue weighted by atomic mass is 32.2. The van der Waals surface area contributed by atoms with Gasteiger partial charge in [-0.1, -0.05) is 5.16 Å². The predicted octanol–water partition coefficient (Wildman–Crippen LogP) is -1.78. The van der Waals surface area contributed by atoms with Crippen molar-refractivity contribution in [2.45, 2.75) is 18.1 Å². The molecule has 0 bridgehead atoms. The van der Waals surface area contributed by atoms with E-state index in [1.54, 1.807) is 53.5 Å². The molecule has 0 saturated carbocycles. The van der Waals surface area contributed by atoms with E-state index < -0.39 is 44.6 Å². The molecule has 0 radical (unpaired) electrons. The van der Waals surface area contributed by atoms with E-state index in [0.717, 1.165) is 11.3 Å². The molecule has 20 heteroatoms. The molecule has 246 valence electrons. The van der Waals surface area contributed by atoms with Crippen LogP contribution in [0.3, 0.4) is 0 Å². The Morgan fingerprint density at radius 3 is 2.60 bits per heavy atom. The topological polar surface area (TPSA) is 233 Å². The Labute approximate surface area is 266 Å². The van der Waals surface area contributed by atoms with E-state index >= 15 is 0 Å². The number of methoxy groups -OCH3 is 1. The number of amides is 2. The highest BCUT2D eigenvalue weighted by molar-refractivity contribution is 7.92. The summed E-state index contributed by atoms with van der Waals surface area (Å²) in [6, 6.07) is 2.81. The summed E-state index contributed by atoms with van der Waals surface area (Å²) < 4.78 is 52.8. The maximum absolute atomic E-state index is 13.3. The molecular weight excluding hydrogens is 655 g/mol. The maximum atomic E-state index is 13.3. The van der Waals surface area contributed by atoms with Crippen molar-refractivity contribution < 1.29 is 50.8 Å². The fourth-order valence-corrected chi connectivity index (χ4v) is 6.62. The van der Waals surface area contributed by atoms with Gasteiger partial charge in [-0.05, 0) is 17.2 Å². The molecule has 3 N–H and O–H groups in total. The van der Waals surface area contributed by atoms with E-state index in [-0.39, 0.29) is 53.8 Å². The second-order valence-corrected chi connectivity index (χ2v) is 13.6. The Morgan fingerprint density at radius 1 is 1.33 bits per heavy atom. The number of nitrogens with two attached hydrogens (primary N) is 1. The highest BCUT2D eigenvalue weighted by Crippen LogP contribution is 2.36. The number of oxime groups is 1. The first kappa shape index (κ1) is 35.7. The number of ether oxygens (including phenoxy) is 2. The quantitative estimate of drug-likeness (QED) is 0.0703. The maximum Gasteiger partial charge on any atom is 0.359 e. The average molecular weight is 688 g/mol. The van der Waals surface area contributed by atoms with Gasteiger partial charge < -0.3 is 44.3 Å². The van der Waals surface area contributed by atoms with Gasteiger partial charge in [-0.25, -0.2) is 18.2 Å². The van der Waals surface area contributed by atoms with Gasteiger partial charge in [0.05, 0.1) is 23.3 Å². The van der Waals surface area contributed by atoms with E-state index in [1.165, 1.54) is 19.1 Å². The second kappa shape index (κ2) is 15.5. The first-order valence-electron chi connectivity index (χ1n) is 12.9. The summed E-state index contributed by atoms with van der Waals surface area (Å²) in [5.74, 6) is -1.31. The van der Waals surface area contributed by atoms with Gasteiger partial charge >= 0.3 is 5.97 Å². The molecule has 1 unspecified atom stereocenters. The fourth-order valence-electron chi connectivity index (χ4n) is 4.34. The number of hydrogen-bond acceptors (Lipinski definition) is 15. The molecule has 45 heavy (non-hydrogen) atoms. The largest absolute Gasteiger partial charge is 0.748 e. The SMILES string of the molecule is COCC1=C(C(=O)OC[n+]2cccc(C(=O)N(C)C)c2)N2C[C@@H](NC(=O)/C(=N/OC)c3csc(N)n3)[C@H]2[S+]([O-])C1.CS(=O)(=O)[O-]. The summed E-state index contributed by atoms with van der Waals surface area (Å²) in [6.45, 7) is 0.151. The van der Waals surface area contributed by atoms with Crippen LogP contribution in [0.15, 0.2) is 46.3 Å². The van der Waals surface area contributed by atoms with Crippen LogP contribution in [0.25, 0.3) is 0 Å². The van der Waals surface area contributed by atoms with Gasteiger partial charge in [-0.3, -0.25) is 9.59 Å². The van der Waals surface area contributed by atoms with Crippen molar-refractivity contribution in [3.8, 4) is 0 Å². The number of thiazole rings is 1. The van der Waals surface area contributed by atoms with E-state index in [4.69, 9.17) is 33.0 Å². The molecule has 2 aromatic heterocycles. The van der Waals surface area contributed by atoms with E-state index in [1.807, 2.05) is 0 Å². The molecule has 2 aliphatic heterocycles. The lowest BCUT2D eigenvalue weighted by atomic mass is 10.0. The van der Waals surface area contributed by atoms with Crippen LogP contribution in [0.5, 0.6) is 0 Å². The Morgan fingerprint density at radius 2 is 2.02 bits per heavy atom. The molecule has 0 spiro atoms. The summed E-state index contributed by atoms with van der Waals surface area (Å²) in [5.41, 5.74) is 7.09. The number of hydrogen-bond donors (Lipinski definition) is 2. The number of esters is 1. The van der Waals surface area contributed by atoms with Crippen molar-refractivity contribution >= 4 is 61.3 Å². The van der Waals surface area contributed by atoms with Crippen molar-refractivity contribution in [3.05, 3.63) is 52.4 Å². The van der Waals surface area contributed by atoms with Crippen molar-refractivity contribution in [2.75, 3.05) is 59.2 Å². The number of anilines is 1. The third-order valence-corrected chi connectivity index (χ3v) is 8.53. The number of nitrogens with zero attached hydrogens (tertiary/aromatic N) is 5. The van der Waals surface area contributed by atoms with Crippen LogP contribution in [-0.4, -0.2) is 121 Å². The molecular formula is C25H33N7O10S3. The van der Waals surface area contributed by atoms with Gasteiger partial charge in [-0.2, -0.15) is 4.57 Å². The molecule has 4 rings (SSSR count). The monoisotopic (exact) mass is 687 g/mol. The van der Waals surface area contributed by atoms with Crippen LogP contribution in [0.2, 0.25) is 0 Å². The first-order valence-corrected chi connectivity index (χ1v) is 17.0. The van der Waals surface area contributed by atoms with Crippen molar-refractivity contribution in [1.29, 1.82) is 0 Å². The lowest BCUT2D eigenvalue weighted by Gasteiger charge is -2.51. The predicted molar refractivity (Wildman–Crippen MR) is 161 cm³/mol. The molecule has 1 saturated heterocycles. The molecule has 0 aromatic carbocycles. The zero-order chi connectivity index (χ0) is 33.5. The Bertz CT molecular complexity index is 1570. The average Bonchev–Trinajstić information content (AvgIpc) is 3.37. The molecule has 0 aliphatic carbocycles. The standard InChI is InChI=1S/C24H29N7O7S2.CH4O3S/c1-29(2)21(33)14-6-5-7-30(8-14)13-38-23(34)19-15(10-36-3)12-40(35)22-16(9-31(19)22)26-20(32)18(28-37-4)17-11-39-24(25)27-17;1-5(2,3)4/h5-8,11,16,22H,9-10,12-13H2,1-4H3,(H2-,25,26,27,32);1H3,(H,2,3,4)/b28-18+;/t16-,22-,40?;/m1./s1. The van der Waals surface area contributed by atoms with E-state index in [2.05, 4.69) is 15.5 Å². The number of nitrogens with one attached hydrogen (secondary N) is 1. The Balaban J connectivity index is 0.00000102. The molecule has 17 nitrogen and oxygen atoms in total. The molecule has 2 aromatic rings. The minimum Gasteiger partial charge on any atom is -0.748 e. The van der Waals surface area contributed by atoms with Crippen LogP contribution in [0, 0.1) is 0 Å². The summed E-state index contributed by atoms with van der Waals surface area (Å²) in [7, 11) is 2.17. The van der Waals surface area contributed by atoms with Gasteiger partial charge in [0.2, 0.25) is 5.37 Å². The van der Waals surface area contributed by atoms with Gasteiger partial charge in [0.1, 0.15) is 35.9 Å². The number of nitrogen functional groups attached to an aromatic ring is 1. The number of carbonyl (C=O) groups is 3. The Hall–Kier alpha value is -3.82. The molecule has 1 fully saturated rings. The number of carbonyl (C=O) groups excluding carboxylic acids is 3. The van der Waals surface area contributed by atoms with E-state index in [9.17, 15) is 18.9 Å². The van der Waals surface area contributed by atoms with Crippen molar-refractivity contribution in [3.63, 3.8) is 0 Å². The Kier molecular flexibility index (Phi) is 12.2. The summed E-state index contributed by atoms with van der Waals surface area (Å²) >= 11 is -0.289. The van der Waals surface area contributed by atoms with Gasteiger partial charge in [0, 0.05) is 44.5 Å². The molecule has 2 aliphatic rings. The lowest BCUT2D eigenvalue weighted by molar-refractivity contribution is -0.727. The third kappa shape index (κ3) is 9.58. The van der Waals surface area contributed by atoms with Crippen molar-refractivity contribution in [1.82, 2.24) is 20.1 Å². The lowest BCUT2D eigenvalue weighted by Crippen LogP contribution is -2.72. The number of fused-ring (bicyclic) bond motifs is 1. The minimum atomic E-state index is -3.92. The number of rotatable bonds is 10. The molecule has 4 heterocycles. The molecule has 3 atom stereocenters. The summed E-state index contributed by atoms with van der Waals surface area (Å²) in [5, 5.41) is 7.79. The van der Waals surface area contributed by atoms with Crippen LogP contribution in [0.1, 0.15) is 16.1 Å². The second-order valence-electron chi connectivity index (χ2n) is 9.80. The summed E-state index contributed by atoms with van der Waals surface area (Å²) in [4.78, 5) is 50.6. The van der Waals surface area contributed by atoms with Crippen molar-refractivity contribution in [2.24, 2.45) is 5.16 Å². The van der Waals surface area contributed by atoms with Gasteiger partial charge in [0.25, 0.3) is 18.5 Å². The highest BCUT2D eigenvalue weighted by Gasteiger charge is 2.54. The normalized spacial score (nSPS) is 19.4. The molecule has 2 amide bonds. The van der Waals surface area contributed by atoms with Crippen LogP contribution in [-0.2, 0) is 51.9 Å². The zero-order valence-electron chi connectivity index (χ0n) is 25.0. The first-order chi connectivity index (χ1) is 21.1. The summed E-state index contributed by atoms with van der Waals surface area (Å²) in [6.07, 6.45) is 3.86.